The number of rotatable bonds is 11. The molecule has 0 bridgehead atoms. The van der Waals surface area contributed by atoms with Crippen molar-refractivity contribution in [3.05, 3.63) is 94.5 Å². The largest absolute Gasteiger partial charge is 0.352 e. The fourth-order valence-corrected chi connectivity index (χ4v) is 7.02. The molecule has 2 amide bonds. The zero-order valence-corrected chi connectivity index (χ0v) is 25.4. The Bertz CT molecular complexity index is 1460. The maximum absolute atomic E-state index is 14.2. The highest BCUT2D eigenvalue weighted by atomic mass is 35.5. The molecule has 0 saturated heterocycles. The van der Waals surface area contributed by atoms with Gasteiger partial charge in [0.1, 0.15) is 12.6 Å². The predicted octanol–water partition coefficient (Wildman–Crippen LogP) is 6.02. The zero-order chi connectivity index (χ0) is 29.6. The van der Waals surface area contributed by atoms with E-state index in [9.17, 15) is 18.0 Å². The molecule has 0 unspecified atom stereocenters. The van der Waals surface area contributed by atoms with Gasteiger partial charge in [-0.25, -0.2) is 8.42 Å². The number of amides is 2. The van der Waals surface area contributed by atoms with E-state index < -0.39 is 28.5 Å². The summed E-state index contributed by atoms with van der Waals surface area (Å²) in [7, 11) is -4.10. The van der Waals surface area contributed by atoms with Crippen molar-refractivity contribution in [2.24, 2.45) is 0 Å². The number of benzene rings is 3. The molecule has 1 saturated carbocycles. The van der Waals surface area contributed by atoms with Crippen LogP contribution < -0.4 is 9.62 Å². The topological polar surface area (TPSA) is 86.8 Å². The highest BCUT2D eigenvalue weighted by molar-refractivity contribution is 7.92. The van der Waals surface area contributed by atoms with Crippen LogP contribution in [-0.4, -0.2) is 43.8 Å². The number of halogens is 1. The molecule has 3 aromatic rings. The van der Waals surface area contributed by atoms with E-state index in [-0.39, 0.29) is 23.4 Å². The molecule has 9 heteroatoms. The lowest BCUT2D eigenvalue weighted by atomic mass is 10.1. The lowest BCUT2D eigenvalue weighted by molar-refractivity contribution is -0.140. The van der Waals surface area contributed by atoms with E-state index in [0.717, 1.165) is 46.7 Å². The highest BCUT2D eigenvalue weighted by Crippen LogP contribution is 2.28. The Hall–Kier alpha value is -3.36. The van der Waals surface area contributed by atoms with E-state index in [1.165, 1.54) is 17.0 Å². The Balaban J connectivity index is 1.72. The number of sulfonamides is 1. The number of aryl methyl sites for hydroxylation is 2. The first-order valence-electron chi connectivity index (χ1n) is 14.1. The number of hydrogen-bond acceptors (Lipinski definition) is 4. The van der Waals surface area contributed by atoms with Crippen molar-refractivity contribution in [1.29, 1.82) is 0 Å². The SMILES string of the molecule is CC[C@@H](C(=O)NC1CCCC1)N(Cc1ccc(Cl)cc1)C(=O)CN(c1ccc(C)cc1C)S(=O)(=O)c1ccccc1. The first-order chi connectivity index (χ1) is 19.6. The molecule has 1 N–H and O–H groups in total. The minimum absolute atomic E-state index is 0.0862. The first kappa shape index (κ1) is 30.6. The second-order valence-corrected chi connectivity index (χ2v) is 13.0. The van der Waals surface area contributed by atoms with Crippen molar-refractivity contribution in [3.63, 3.8) is 0 Å². The Morgan fingerprint density at radius 2 is 1.63 bits per heavy atom. The average Bonchev–Trinajstić information content (AvgIpc) is 3.46. The summed E-state index contributed by atoms with van der Waals surface area (Å²) in [4.78, 5) is 29.3. The summed E-state index contributed by atoms with van der Waals surface area (Å²) in [6.07, 6.45) is 4.35. The number of carbonyl (C=O) groups excluding carboxylic acids is 2. The number of nitrogens with zero attached hydrogens (tertiary/aromatic N) is 2. The van der Waals surface area contributed by atoms with E-state index in [4.69, 9.17) is 11.6 Å². The second kappa shape index (κ2) is 13.5. The smallest absolute Gasteiger partial charge is 0.264 e. The van der Waals surface area contributed by atoms with Crippen molar-refractivity contribution in [2.75, 3.05) is 10.8 Å². The summed E-state index contributed by atoms with van der Waals surface area (Å²) >= 11 is 6.10. The summed E-state index contributed by atoms with van der Waals surface area (Å²) < 4.78 is 29.1. The Labute approximate surface area is 248 Å². The third-order valence-electron chi connectivity index (χ3n) is 7.58. The third-order valence-corrected chi connectivity index (χ3v) is 9.61. The summed E-state index contributed by atoms with van der Waals surface area (Å²) in [6.45, 7) is 5.31. The molecule has 0 aromatic heterocycles. The van der Waals surface area contributed by atoms with Crippen molar-refractivity contribution in [3.8, 4) is 0 Å². The van der Waals surface area contributed by atoms with Crippen LogP contribution in [0.3, 0.4) is 0 Å². The van der Waals surface area contributed by atoms with Crippen LogP contribution in [0, 0.1) is 13.8 Å². The van der Waals surface area contributed by atoms with Gasteiger partial charge in [-0.15, -0.1) is 0 Å². The van der Waals surface area contributed by atoms with Gasteiger partial charge in [-0.2, -0.15) is 0 Å². The van der Waals surface area contributed by atoms with Gasteiger partial charge in [0.05, 0.1) is 10.6 Å². The normalized spacial score (nSPS) is 14.4. The molecule has 7 nitrogen and oxygen atoms in total. The maximum Gasteiger partial charge on any atom is 0.264 e. The van der Waals surface area contributed by atoms with E-state index in [0.29, 0.717) is 17.1 Å². The minimum Gasteiger partial charge on any atom is -0.352 e. The van der Waals surface area contributed by atoms with E-state index in [2.05, 4.69) is 5.32 Å². The van der Waals surface area contributed by atoms with Gasteiger partial charge in [0.2, 0.25) is 11.8 Å². The molecule has 1 fully saturated rings. The van der Waals surface area contributed by atoms with Crippen LogP contribution in [0.2, 0.25) is 5.02 Å². The van der Waals surface area contributed by atoms with E-state index in [1.807, 2.05) is 45.0 Å². The summed E-state index contributed by atoms with van der Waals surface area (Å²) in [5.74, 6) is -0.682. The van der Waals surface area contributed by atoms with Crippen LogP contribution in [-0.2, 0) is 26.2 Å². The lowest BCUT2D eigenvalue weighted by Crippen LogP contribution is -2.53. The molecular formula is C32H38ClN3O4S. The van der Waals surface area contributed by atoms with Crippen LogP contribution in [0.15, 0.2) is 77.7 Å². The first-order valence-corrected chi connectivity index (χ1v) is 15.9. The quantitative estimate of drug-likeness (QED) is 0.294. The van der Waals surface area contributed by atoms with Crippen molar-refractivity contribution in [2.45, 2.75) is 76.4 Å². The fourth-order valence-electron chi connectivity index (χ4n) is 5.39. The molecule has 0 spiro atoms. The van der Waals surface area contributed by atoms with Crippen LogP contribution in [0.1, 0.15) is 55.7 Å². The monoisotopic (exact) mass is 595 g/mol. The van der Waals surface area contributed by atoms with Crippen molar-refractivity contribution in [1.82, 2.24) is 10.2 Å². The number of carbonyl (C=O) groups is 2. The molecule has 41 heavy (non-hydrogen) atoms. The molecule has 0 heterocycles. The molecule has 0 radical (unpaired) electrons. The molecule has 3 aromatic carbocycles. The van der Waals surface area contributed by atoms with Crippen LogP contribution >= 0.6 is 11.6 Å². The molecule has 4 rings (SSSR count). The molecular weight excluding hydrogens is 558 g/mol. The van der Waals surface area contributed by atoms with Gasteiger partial charge in [-0.1, -0.05) is 79.4 Å². The minimum atomic E-state index is -4.10. The third kappa shape index (κ3) is 7.49. The van der Waals surface area contributed by atoms with Crippen LogP contribution in [0.5, 0.6) is 0 Å². The predicted molar refractivity (Wildman–Crippen MR) is 163 cm³/mol. The molecule has 1 aliphatic rings. The van der Waals surface area contributed by atoms with Gasteiger partial charge >= 0.3 is 0 Å². The van der Waals surface area contributed by atoms with Gasteiger partial charge in [0, 0.05) is 17.6 Å². The second-order valence-electron chi connectivity index (χ2n) is 10.7. The van der Waals surface area contributed by atoms with Gasteiger partial charge in [0.15, 0.2) is 0 Å². The lowest BCUT2D eigenvalue weighted by Gasteiger charge is -2.34. The van der Waals surface area contributed by atoms with Gasteiger partial charge < -0.3 is 10.2 Å². The fraction of sp³-hybridized carbons (Fsp3) is 0.375. The van der Waals surface area contributed by atoms with Crippen LogP contribution in [0.4, 0.5) is 5.69 Å². The summed E-state index contributed by atoms with van der Waals surface area (Å²) in [5, 5.41) is 3.69. The van der Waals surface area contributed by atoms with Gasteiger partial charge in [-0.3, -0.25) is 13.9 Å². The maximum atomic E-state index is 14.2. The van der Waals surface area contributed by atoms with Gasteiger partial charge in [0.25, 0.3) is 10.0 Å². The molecule has 0 aliphatic heterocycles. The van der Waals surface area contributed by atoms with E-state index in [1.54, 1.807) is 36.4 Å². The highest BCUT2D eigenvalue weighted by Gasteiger charge is 2.35. The Morgan fingerprint density at radius 1 is 0.976 bits per heavy atom. The van der Waals surface area contributed by atoms with Gasteiger partial charge in [-0.05, 0) is 74.6 Å². The average molecular weight is 596 g/mol. The molecule has 1 atom stereocenters. The summed E-state index contributed by atoms with van der Waals surface area (Å²) in [6, 6.07) is 20.0. The standard InChI is InChI=1S/C32H38ClN3O4S/c1-4-29(32(38)34-27-10-8-9-11-27)35(21-25-15-17-26(33)18-16-25)31(37)22-36(30-19-14-23(2)20-24(30)3)41(39,40)28-12-6-5-7-13-28/h5-7,12-20,27,29H,4,8-11,21-22H2,1-3H3,(H,34,38)/t29-/m0/s1. The molecule has 1 aliphatic carbocycles. The Kier molecular flexibility index (Phi) is 10.1. The van der Waals surface area contributed by atoms with Crippen LogP contribution in [0.25, 0.3) is 0 Å². The number of hydrogen-bond donors (Lipinski definition) is 1. The van der Waals surface area contributed by atoms with Crippen molar-refractivity contribution < 1.29 is 18.0 Å². The Morgan fingerprint density at radius 3 is 2.24 bits per heavy atom. The van der Waals surface area contributed by atoms with Crippen molar-refractivity contribution >= 4 is 39.1 Å². The summed E-state index contributed by atoms with van der Waals surface area (Å²) in [5.41, 5.74) is 2.92. The molecule has 218 valence electrons. The number of anilines is 1. The van der Waals surface area contributed by atoms with E-state index >= 15 is 0 Å². The zero-order valence-electron chi connectivity index (χ0n) is 23.8. The number of nitrogens with one attached hydrogen (secondary N) is 1.